The zero-order valence-electron chi connectivity index (χ0n) is 10.6. The fourth-order valence-electron chi connectivity index (χ4n) is 1.60. The lowest BCUT2D eigenvalue weighted by atomic mass is 10.2. The van der Waals surface area contributed by atoms with E-state index >= 15 is 0 Å². The van der Waals surface area contributed by atoms with Gasteiger partial charge in [0.05, 0.1) is 0 Å². The standard InChI is InChI=1S/C12H10BrF2N3OS/c1-6-5-7(3-4-8(6)13)18(2)12(19)10-9(11(14)15)16-17-20-10/h3-5,11H,1-2H3. The fraction of sp³-hybridized carbons (Fsp3) is 0.250. The molecule has 0 aliphatic heterocycles. The van der Waals surface area contributed by atoms with Crippen LogP contribution in [0.5, 0.6) is 0 Å². The van der Waals surface area contributed by atoms with E-state index < -0.39 is 18.0 Å². The number of amides is 1. The van der Waals surface area contributed by atoms with Crippen LogP contribution in [0, 0.1) is 6.92 Å². The summed E-state index contributed by atoms with van der Waals surface area (Å²) in [5, 5.41) is 3.31. The molecule has 0 saturated carbocycles. The Kier molecular flexibility index (Phi) is 4.44. The van der Waals surface area contributed by atoms with Crippen molar-refractivity contribution in [1.82, 2.24) is 9.59 Å². The first kappa shape index (κ1) is 15.0. The maximum absolute atomic E-state index is 12.7. The molecule has 0 fully saturated rings. The van der Waals surface area contributed by atoms with Crippen molar-refractivity contribution in [2.75, 3.05) is 11.9 Å². The van der Waals surface area contributed by atoms with Gasteiger partial charge in [-0.3, -0.25) is 4.79 Å². The third-order valence-electron chi connectivity index (χ3n) is 2.75. The number of halogens is 3. The zero-order valence-corrected chi connectivity index (χ0v) is 13.0. The molecule has 0 saturated heterocycles. The number of hydrogen-bond acceptors (Lipinski definition) is 4. The van der Waals surface area contributed by atoms with E-state index in [2.05, 4.69) is 25.5 Å². The molecule has 0 spiro atoms. The maximum Gasteiger partial charge on any atom is 0.283 e. The minimum atomic E-state index is -2.81. The van der Waals surface area contributed by atoms with Gasteiger partial charge in [0.1, 0.15) is 4.88 Å². The summed E-state index contributed by atoms with van der Waals surface area (Å²) in [6, 6.07) is 5.32. The third-order valence-corrected chi connectivity index (χ3v) is 4.37. The first-order valence-electron chi connectivity index (χ1n) is 5.56. The van der Waals surface area contributed by atoms with Crippen molar-refractivity contribution in [3.63, 3.8) is 0 Å². The monoisotopic (exact) mass is 361 g/mol. The minimum Gasteiger partial charge on any atom is -0.311 e. The van der Waals surface area contributed by atoms with E-state index in [1.807, 2.05) is 6.92 Å². The maximum atomic E-state index is 12.7. The molecule has 0 unspecified atom stereocenters. The molecule has 1 heterocycles. The first-order chi connectivity index (χ1) is 9.41. The van der Waals surface area contributed by atoms with Crippen LogP contribution in [0.1, 0.15) is 27.4 Å². The summed E-state index contributed by atoms with van der Waals surface area (Å²) in [5.74, 6) is -0.544. The van der Waals surface area contributed by atoms with Crippen LogP contribution < -0.4 is 4.90 Å². The quantitative estimate of drug-likeness (QED) is 0.834. The number of carbonyl (C=O) groups excluding carboxylic acids is 1. The predicted octanol–water partition coefficient (Wildman–Crippen LogP) is 3.82. The number of aryl methyl sites for hydroxylation is 1. The van der Waals surface area contributed by atoms with E-state index in [0.29, 0.717) is 17.2 Å². The van der Waals surface area contributed by atoms with Crippen LogP contribution in [-0.2, 0) is 0 Å². The van der Waals surface area contributed by atoms with Crippen molar-refractivity contribution >= 4 is 39.1 Å². The molecular weight excluding hydrogens is 352 g/mol. The Morgan fingerprint density at radius 1 is 1.45 bits per heavy atom. The van der Waals surface area contributed by atoms with Gasteiger partial charge in [0.2, 0.25) is 0 Å². The van der Waals surface area contributed by atoms with Crippen LogP contribution in [0.15, 0.2) is 22.7 Å². The first-order valence-corrected chi connectivity index (χ1v) is 7.13. The zero-order chi connectivity index (χ0) is 14.9. The van der Waals surface area contributed by atoms with Crippen molar-refractivity contribution in [1.29, 1.82) is 0 Å². The van der Waals surface area contributed by atoms with E-state index in [9.17, 15) is 13.6 Å². The Bertz CT molecular complexity index is 647. The molecule has 0 atom stereocenters. The van der Waals surface area contributed by atoms with Gasteiger partial charge in [0.15, 0.2) is 5.69 Å². The SMILES string of the molecule is Cc1cc(N(C)C(=O)c2snnc2C(F)F)ccc1Br. The summed E-state index contributed by atoms with van der Waals surface area (Å²) in [6.07, 6.45) is -2.81. The summed E-state index contributed by atoms with van der Waals surface area (Å²) < 4.78 is 29.8. The van der Waals surface area contributed by atoms with Gasteiger partial charge in [-0.2, -0.15) is 0 Å². The average molecular weight is 362 g/mol. The van der Waals surface area contributed by atoms with Crippen LogP contribution in [0.3, 0.4) is 0 Å². The molecule has 8 heteroatoms. The average Bonchev–Trinajstić information content (AvgIpc) is 2.89. The highest BCUT2D eigenvalue weighted by molar-refractivity contribution is 9.10. The molecule has 0 aliphatic carbocycles. The molecule has 1 aromatic carbocycles. The summed E-state index contributed by atoms with van der Waals surface area (Å²) >= 11 is 4.04. The Labute approximate surface area is 126 Å². The van der Waals surface area contributed by atoms with Crippen molar-refractivity contribution in [2.45, 2.75) is 13.3 Å². The van der Waals surface area contributed by atoms with Crippen LogP contribution in [0.4, 0.5) is 14.5 Å². The second kappa shape index (κ2) is 5.92. The van der Waals surface area contributed by atoms with Crippen molar-refractivity contribution < 1.29 is 13.6 Å². The van der Waals surface area contributed by atoms with Crippen molar-refractivity contribution in [2.24, 2.45) is 0 Å². The Hall–Kier alpha value is -1.41. The molecule has 0 aliphatic rings. The van der Waals surface area contributed by atoms with Gasteiger partial charge in [-0.25, -0.2) is 8.78 Å². The summed E-state index contributed by atoms with van der Waals surface area (Å²) in [6.45, 7) is 1.88. The lowest BCUT2D eigenvalue weighted by molar-refractivity contribution is 0.0981. The molecule has 106 valence electrons. The predicted molar refractivity (Wildman–Crippen MR) is 76.5 cm³/mol. The normalized spacial score (nSPS) is 10.9. The molecule has 1 amide bonds. The highest BCUT2D eigenvalue weighted by Crippen LogP contribution is 2.27. The van der Waals surface area contributed by atoms with E-state index in [0.717, 1.165) is 10.0 Å². The Morgan fingerprint density at radius 3 is 2.75 bits per heavy atom. The second-order valence-electron chi connectivity index (χ2n) is 4.09. The molecule has 1 aromatic heterocycles. The van der Waals surface area contributed by atoms with E-state index in [1.165, 1.54) is 11.9 Å². The van der Waals surface area contributed by atoms with Crippen LogP contribution in [0.2, 0.25) is 0 Å². The third kappa shape index (κ3) is 2.85. The minimum absolute atomic E-state index is 0.136. The largest absolute Gasteiger partial charge is 0.311 e. The van der Waals surface area contributed by atoms with Gasteiger partial charge in [0.25, 0.3) is 12.3 Å². The van der Waals surface area contributed by atoms with Gasteiger partial charge in [-0.1, -0.05) is 20.4 Å². The smallest absolute Gasteiger partial charge is 0.283 e. The fourth-order valence-corrected chi connectivity index (χ4v) is 2.49. The molecule has 0 bridgehead atoms. The summed E-state index contributed by atoms with van der Waals surface area (Å²) in [5.41, 5.74) is 0.990. The molecule has 2 rings (SSSR count). The molecule has 0 N–H and O–H groups in total. The number of benzene rings is 1. The topological polar surface area (TPSA) is 46.1 Å². The molecular formula is C12H10BrF2N3OS. The van der Waals surface area contributed by atoms with Crippen molar-refractivity contribution in [3.05, 3.63) is 38.8 Å². The van der Waals surface area contributed by atoms with E-state index in [4.69, 9.17) is 0 Å². The lowest BCUT2D eigenvalue weighted by Gasteiger charge is -2.17. The molecule has 20 heavy (non-hydrogen) atoms. The van der Waals surface area contributed by atoms with Gasteiger partial charge < -0.3 is 4.90 Å². The van der Waals surface area contributed by atoms with Gasteiger partial charge >= 0.3 is 0 Å². The van der Waals surface area contributed by atoms with E-state index in [1.54, 1.807) is 18.2 Å². The van der Waals surface area contributed by atoms with Gasteiger partial charge in [0, 0.05) is 17.2 Å². The van der Waals surface area contributed by atoms with E-state index in [-0.39, 0.29) is 4.88 Å². The Balaban J connectivity index is 2.32. The number of nitrogens with zero attached hydrogens (tertiary/aromatic N) is 3. The number of rotatable bonds is 3. The molecule has 0 radical (unpaired) electrons. The highest BCUT2D eigenvalue weighted by Gasteiger charge is 2.26. The number of aromatic nitrogens is 2. The lowest BCUT2D eigenvalue weighted by Crippen LogP contribution is -2.26. The van der Waals surface area contributed by atoms with Crippen LogP contribution >= 0.6 is 27.5 Å². The molecule has 2 aromatic rings. The van der Waals surface area contributed by atoms with Crippen LogP contribution in [-0.4, -0.2) is 22.5 Å². The van der Waals surface area contributed by atoms with Crippen molar-refractivity contribution in [3.8, 4) is 0 Å². The number of alkyl halides is 2. The number of hydrogen-bond donors (Lipinski definition) is 0. The Morgan fingerprint density at radius 2 is 2.15 bits per heavy atom. The summed E-state index contributed by atoms with van der Waals surface area (Å²) in [4.78, 5) is 13.4. The van der Waals surface area contributed by atoms with Gasteiger partial charge in [-0.05, 0) is 42.2 Å². The van der Waals surface area contributed by atoms with Crippen LogP contribution in [0.25, 0.3) is 0 Å². The van der Waals surface area contributed by atoms with Gasteiger partial charge in [-0.15, -0.1) is 5.10 Å². The second-order valence-corrected chi connectivity index (χ2v) is 5.69. The number of anilines is 1. The highest BCUT2D eigenvalue weighted by atomic mass is 79.9. The summed E-state index contributed by atoms with van der Waals surface area (Å²) in [7, 11) is 1.53. The molecule has 4 nitrogen and oxygen atoms in total. The number of carbonyl (C=O) groups is 1.